The average Bonchev–Trinajstić information content (AvgIpc) is 2.82. The molecule has 0 bridgehead atoms. The molecule has 0 aromatic rings. The molecule has 2 aliphatic carbocycles. The summed E-state index contributed by atoms with van der Waals surface area (Å²) in [5, 5.41) is 0. The van der Waals surface area contributed by atoms with Crippen molar-refractivity contribution in [3.05, 3.63) is 6.10 Å². The van der Waals surface area contributed by atoms with Crippen LogP contribution >= 0.6 is 0 Å². The van der Waals surface area contributed by atoms with Crippen molar-refractivity contribution in [1.29, 1.82) is 0 Å². The molecule has 3 rings (SSSR count). The van der Waals surface area contributed by atoms with E-state index in [1.165, 1.54) is 31.8 Å². The zero-order valence-corrected chi connectivity index (χ0v) is 11.6. The first-order valence-electron chi connectivity index (χ1n) is 6.98. The van der Waals surface area contributed by atoms with Crippen LogP contribution in [-0.4, -0.2) is 13.4 Å². The highest BCUT2D eigenvalue weighted by Gasteiger charge is 2.65. The highest BCUT2D eigenvalue weighted by atomic mass is 19.5. The molecule has 0 spiro atoms. The summed E-state index contributed by atoms with van der Waals surface area (Å²) in [6, 6.07) is 0. The molecule has 1 saturated heterocycles. The highest BCUT2D eigenvalue weighted by molar-refractivity contribution is 6.50. The van der Waals surface area contributed by atoms with Gasteiger partial charge in [-0.3, -0.25) is 0 Å². The van der Waals surface area contributed by atoms with E-state index in [1.54, 1.807) is 0 Å². The van der Waals surface area contributed by atoms with E-state index in [1.807, 2.05) is 0 Å². The van der Waals surface area contributed by atoms with Crippen LogP contribution in [0.3, 0.4) is 0 Å². The lowest BCUT2D eigenvalue weighted by Crippen LogP contribution is -2.23. The molecule has 0 radical (unpaired) electrons. The van der Waals surface area contributed by atoms with Crippen molar-refractivity contribution in [3.8, 4) is 0 Å². The van der Waals surface area contributed by atoms with Gasteiger partial charge < -0.3 is 17.3 Å². The predicted octanol–water partition coefficient (Wildman–Crippen LogP) is 4.70. The summed E-state index contributed by atoms with van der Waals surface area (Å²) in [6.45, 7) is 6.91. The van der Waals surface area contributed by atoms with Gasteiger partial charge in [-0.25, -0.2) is 0 Å². The maximum atomic E-state index is 9.75. The van der Waals surface area contributed by atoms with Gasteiger partial charge in [0.1, 0.15) is 17.4 Å². The molecule has 1 heterocycles. The van der Waals surface area contributed by atoms with Crippen LogP contribution in [0.15, 0.2) is 0 Å². The molecular formula is C13H21BF4O. The van der Waals surface area contributed by atoms with Gasteiger partial charge in [0.25, 0.3) is 0 Å². The molecule has 0 aromatic carbocycles. The molecule has 0 N–H and O–H groups in total. The third kappa shape index (κ3) is 3.39. The van der Waals surface area contributed by atoms with Crippen molar-refractivity contribution in [3.63, 3.8) is 0 Å². The number of rotatable bonds is 0. The van der Waals surface area contributed by atoms with Crippen molar-refractivity contribution in [1.82, 2.24) is 0 Å². The number of halogens is 4. The molecular weight excluding hydrogens is 259 g/mol. The quantitative estimate of drug-likeness (QED) is 0.355. The maximum absolute atomic E-state index is 9.75. The zero-order chi connectivity index (χ0) is 14.4. The molecule has 0 unspecified atom stereocenters. The van der Waals surface area contributed by atoms with Gasteiger partial charge in [0.05, 0.1) is 0 Å². The average molecular weight is 280 g/mol. The third-order valence-electron chi connectivity index (χ3n) is 4.46. The first-order chi connectivity index (χ1) is 8.57. The minimum absolute atomic E-state index is 0.268. The fourth-order valence-electron chi connectivity index (χ4n) is 4.00. The molecule has 0 amide bonds. The van der Waals surface area contributed by atoms with Crippen molar-refractivity contribution in [2.45, 2.75) is 52.6 Å². The Kier molecular flexibility index (Phi) is 3.84. The summed E-state index contributed by atoms with van der Waals surface area (Å²) < 4.78 is 45.2. The summed E-state index contributed by atoms with van der Waals surface area (Å²) in [7, 11) is -6.00. The second kappa shape index (κ2) is 4.87. The lowest BCUT2D eigenvalue weighted by atomic mass is 9.78. The molecule has 110 valence electrons. The van der Waals surface area contributed by atoms with Crippen LogP contribution < -0.4 is 0 Å². The van der Waals surface area contributed by atoms with Crippen molar-refractivity contribution >= 4 is 7.25 Å². The summed E-state index contributed by atoms with van der Waals surface area (Å²) in [5.74, 6) is 2.72. The van der Waals surface area contributed by atoms with Gasteiger partial charge in [-0.05, 0) is 52.4 Å². The van der Waals surface area contributed by atoms with Crippen LogP contribution in [0.25, 0.3) is 0 Å². The van der Waals surface area contributed by atoms with E-state index in [9.17, 15) is 17.3 Å². The van der Waals surface area contributed by atoms with E-state index < -0.39 is 7.25 Å². The van der Waals surface area contributed by atoms with Crippen LogP contribution in [0.2, 0.25) is 0 Å². The van der Waals surface area contributed by atoms with Gasteiger partial charge in [-0.2, -0.15) is 4.74 Å². The van der Waals surface area contributed by atoms with Crippen LogP contribution in [0.1, 0.15) is 46.5 Å². The normalized spacial score (nSPS) is 37.1. The summed E-state index contributed by atoms with van der Waals surface area (Å²) in [6.07, 6.45) is 7.65. The first kappa shape index (κ1) is 15.0. The lowest BCUT2D eigenvalue weighted by molar-refractivity contribution is 0.0495. The molecule has 19 heavy (non-hydrogen) atoms. The minimum atomic E-state index is -6.00. The Labute approximate surface area is 112 Å². The Morgan fingerprint density at radius 2 is 1.53 bits per heavy atom. The predicted molar refractivity (Wildman–Crippen MR) is 66.7 cm³/mol. The molecule has 6 heteroatoms. The SMILES string of the molecule is CC(C)(C)[C+]1O[C@@H]2CC[C@@H]3CC[C@H]1[C@@H]32.F[B-](F)(F)F. The van der Waals surface area contributed by atoms with Gasteiger partial charge in [-0.15, -0.1) is 0 Å². The van der Waals surface area contributed by atoms with Gasteiger partial charge in [-0.1, -0.05) is 0 Å². The molecule has 4 atom stereocenters. The van der Waals surface area contributed by atoms with E-state index in [4.69, 9.17) is 4.74 Å². The van der Waals surface area contributed by atoms with E-state index in [-0.39, 0.29) is 5.41 Å². The van der Waals surface area contributed by atoms with Crippen LogP contribution in [0.4, 0.5) is 17.3 Å². The zero-order valence-electron chi connectivity index (χ0n) is 11.6. The summed E-state index contributed by atoms with van der Waals surface area (Å²) in [4.78, 5) is 0. The van der Waals surface area contributed by atoms with E-state index in [0.29, 0.717) is 6.10 Å². The minimum Gasteiger partial charge on any atom is -0.418 e. The lowest BCUT2D eigenvalue weighted by Gasteiger charge is -2.17. The Hall–Kier alpha value is -0.385. The van der Waals surface area contributed by atoms with Crippen LogP contribution in [0, 0.1) is 29.3 Å². The maximum Gasteiger partial charge on any atom is 0.673 e. The molecule has 0 aromatic heterocycles. The standard InChI is InChI=1S/C13H21O.BF4/c1-13(2,3)12-9-6-4-8-5-7-10(14-12)11(8)9;2-1(3,4)5/h8-11H,4-7H2,1-3H3;/q+1;-1/t8-,9-,10+,11+;/m0./s1. The molecule has 2 saturated carbocycles. The summed E-state index contributed by atoms with van der Waals surface area (Å²) in [5.41, 5.74) is 0.268. The van der Waals surface area contributed by atoms with Crippen molar-refractivity contribution < 1.29 is 22.0 Å². The topological polar surface area (TPSA) is 9.23 Å². The largest absolute Gasteiger partial charge is 0.673 e. The van der Waals surface area contributed by atoms with Gasteiger partial charge in [0.2, 0.25) is 6.10 Å². The van der Waals surface area contributed by atoms with Gasteiger partial charge >= 0.3 is 7.25 Å². The highest BCUT2D eigenvalue weighted by Crippen LogP contribution is 2.60. The second-order valence-corrected chi connectivity index (χ2v) is 6.86. The van der Waals surface area contributed by atoms with E-state index >= 15 is 0 Å². The third-order valence-corrected chi connectivity index (χ3v) is 4.46. The van der Waals surface area contributed by atoms with Gasteiger partial charge in [0, 0.05) is 5.92 Å². The number of ether oxygens (including phenoxy) is 1. The molecule has 3 aliphatic rings. The first-order valence-corrected chi connectivity index (χ1v) is 6.98. The van der Waals surface area contributed by atoms with E-state index in [0.717, 1.165) is 17.8 Å². The fourth-order valence-corrected chi connectivity index (χ4v) is 4.00. The Balaban J connectivity index is 0.000000232. The van der Waals surface area contributed by atoms with Gasteiger partial charge in [0.15, 0.2) is 0 Å². The smallest absolute Gasteiger partial charge is 0.418 e. The van der Waals surface area contributed by atoms with E-state index in [2.05, 4.69) is 20.8 Å². The van der Waals surface area contributed by atoms with Crippen molar-refractivity contribution in [2.75, 3.05) is 0 Å². The molecule has 1 aliphatic heterocycles. The summed E-state index contributed by atoms with van der Waals surface area (Å²) >= 11 is 0. The van der Waals surface area contributed by atoms with Crippen LogP contribution in [-0.2, 0) is 4.74 Å². The fraction of sp³-hybridized carbons (Fsp3) is 0.923. The number of hydrogen-bond donors (Lipinski definition) is 0. The van der Waals surface area contributed by atoms with Crippen molar-refractivity contribution in [2.24, 2.45) is 23.2 Å². The molecule has 3 fully saturated rings. The molecule has 1 nitrogen and oxygen atoms in total. The van der Waals surface area contributed by atoms with Crippen LogP contribution in [0.5, 0.6) is 0 Å². The Bertz CT molecular complexity index is 320. The number of hydrogen-bond acceptors (Lipinski definition) is 1. The Morgan fingerprint density at radius 1 is 1.00 bits per heavy atom. The monoisotopic (exact) mass is 280 g/mol. The Morgan fingerprint density at radius 3 is 2.05 bits per heavy atom. The second-order valence-electron chi connectivity index (χ2n) is 6.86.